The molecule has 100 valence electrons. The first-order chi connectivity index (χ1) is 9.06. The number of nitrogens with one attached hydrogen (secondary N) is 1. The van der Waals surface area contributed by atoms with Gasteiger partial charge in [-0.15, -0.1) is 10.2 Å². The summed E-state index contributed by atoms with van der Waals surface area (Å²) in [5, 5.41) is 14.9. The number of hydrogen-bond donors (Lipinski definition) is 1. The molecule has 1 aromatic carbocycles. The molecule has 1 amide bonds. The quantitative estimate of drug-likeness (QED) is 0.894. The van der Waals surface area contributed by atoms with E-state index in [0.29, 0.717) is 5.82 Å². The lowest BCUT2D eigenvalue weighted by atomic mass is 10.1. The van der Waals surface area contributed by atoms with Gasteiger partial charge in [0.2, 0.25) is 11.7 Å². The zero-order valence-electron chi connectivity index (χ0n) is 11.3. The second-order valence-corrected chi connectivity index (χ2v) is 4.68. The van der Waals surface area contributed by atoms with Crippen LogP contribution in [0.25, 0.3) is 11.4 Å². The highest BCUT2D eigenvalue weighted by Crippen LogP contribution is 2.17. The van der Waals surface area contributed by atoms with Crippen LogP contribution >= 0.6 is 0 Å². The molecule has 0 aliphatic carbocycles. The first kappa shape index (κ1) is 13.2. The van der Waals surface area contributed by atoms with Crippen molar-refractivity contribution in [3.05, 3.63) is 29.8 Å². The lowest BCUT2D eigenvalue weighted by molar-refractivity contribution is -0.122. The van der Waals surface area contributed by atoms with Gasteiger partial charge in [0.1, 0.15) is 6.54 Å². The largest absolute Gasteiger partial charge is 0.352 e. The fourth-order valence-electron chi connectivity index (χ4n) is 1.74. The molecule has 1 heterocycles. The van der Waals surface area contributed by atoms with Crippen molar-refractivity contribution in [3.63, 3.8) is 0 Å². The molecule has 0 spiro atoms. The van der Waals surface area contributed by atoms with E-state index in [9.17, 15) is 4.79 Å². The SMILES string of the molecule is Cc1ccccc1-c1nnn(CC(=O)NC(C)C)n1. The highest BCUT2D eigenvalue weighted by atomic mass is 16.2. The van der Waals surface area contributed by atoms with Crippen LogP contribution in [-0.2, 0) is 11.3 Å². The monoisotopic (exact) mass is 259 g/mol. The third kappa shape index (κ3) is 3.37. The highest BCUT2D eigenvalue weighted by molar-refractivity contribution is 5.75. The van der Waals surface area contributed by atoms with Crippen molar-refractivity contribution in [2.24, 2.45) is 0 Å². The second-order valence-electron chi connectivity index (χ2n) is 4.68. The van der Waals surface area contributed by atoms with Gasteiger partial charge in [-0.1, -0.05) is 24.3 Å². The Morgan fingerprint density at radius 3 is 2.79 bits per heavy atom. The number of carbonyl (C=O) groups is 1. The van der Waals surface area contributed by atoms with Crippen LogP contribution < -0.4 is 5.32 Å². The minimum atomic E-state index is -0.122. The van der Waals surface area contributed by atoms with Gasteiger partial charge in [0.05, 0.1) is 0 Å². The molecule has 0 unspecified atom stereocenters. The molecule has 6 nitrogen and oxygen atoms in total. The number of aromatic nitrogens is 4. The van der Waals surface area contributed by atoms with Crippen LogP contribution in [0.5, 0.6) is 0 Å². The number of rotatable bonds is 4. The minimum Gasteiger partial charge on any atom is -0.352 e. The number of benzene rings is 1. The lowest BCUT2D eigenvalue weighted by Crippen LogP contribution is -2.33. The topological polar surface area (TPSA) is 72.7 Å². The Balaban J connectivity index is 2.12. The Bertz CT molecular complexity index is 576. The molecule has 0 radical (unpaired) electrons. The molecule has 2 rings (SSSR count). The van der Waals surface area contributed by atoms with Gasteiger partial charge in [0.25, 0.3) is 0 Å². The normalized spacial score (nSPS) is 10.7. The Morgan fingerprint density at radius 1 is 1.37 bits per heavy atom. The first-order valence-electron chi connectivity index (χ1n) is 6.19. The van der Waals surface area contributed by atoms with Gasteiger partial charge in [-0.25, -0.2) is 0 Å². The molecule has 0 saturated heterocycles. The van der Waals surface area contributed by atoms with Crippen LogP contribution in [-0.4, -0.2) is 32.2 Å². The number of carbonyl (C=O) groups excluding carboxylic acids is 1. The maximum atomic E-state index is 11.6. The van der Waals surface area contributed by atoms with E-state index >= 15 is 0 Å². The molecule has 0 aliphatic rings. The van der Waals surface area contributed by atoms with Gasteiger partial charge < -0.3 is 5.32 Å². The molecular formula is C13H17N5O. The lowest BCUT2D eigenvalue weighted by Gasteiger charge is -2.06. The fraction of sp³-hybridized carbons (Fsp3) is 0.385. The van der Waals surface area contributed by atoms with E-state index in [1.54, 1.807) is 0 Å². The minimum absolute atomic E-state index is 0.0804. The van der Waals surface area contributed by atoms with Crippen molar-refractivity contribution in [1.82, 2.24) is 25.5 Å². The average Bonchev–Trinajstić information content (AvgIpc) is 2.76. The van der Waals surface area contributed by atoms with Crippen molar-refractivity contribution in [1.29, 1.82) is 0 Å². The highest BCUT2D eigenvalue weighted by Gasteiger charge is 2.10. The summed E-state index contributed by atoms with van der Waals surface area (Å²) in [6, 6.07) is 7.91. The van der Waals surface area contributed by atoms with Crippen molar-refractivity contribution in [2.45, 2.75) is 33.4 Å². The molecule has 0 aliphatic heterocycles. The van der Waals surface area contributed by atoms with Crippen LogP contribution in [0.3, 0.4) is 0 Å². The van der Waals surface area contributed by atoms with Crippen molar-refractivity contribution < 1.29 is 4.79 Å². The van der Waals surface area contributed by atoms with Crippen molar-refractivity contribution in [3.8, 4) is 11.4 Å². The Labute approximate surface area is 111 Å². The molecular weight excluding hydrogens is 242 g/mol. The summed E-state index contributed by atoms with van der Waals surface area (Å²) in [6.07, 6.45) is 0. The number of aryl methyl sites for hydroxylation is 1. The Kier molecular flexibility index (Phi) is 3.89. The number of nitrogens with zero attached hydrogens (tertiary/aromatic N) is 4. The van der Waals surface area contributed by atoms with Gasteiger partial charge in [0, 0.05) is 11.6 Å². The average molecular weight is 259 g/mol. The van der Waals surface area contributed by atoms with E-state index in [0.717, 1.165) is 11.1 Å². The van der Waals surface area contributed by atoms with E-state index in [-0.39, 0.29) is 18.5 Å². The zero-order chi connectivity index (χ0) is 13.8. The van der Waals surface area contributed by atoms with Crippen molar-refractivity contribution >= 4 is 5.91 Å². The Hall–Kier alpha value is -2.24. The molecule has 1 aromatic heterocycles. The Morgan fingerprint density at radius 2 is 2.11 bits per heavy atom. The summed E-state index contributed by atoms with van der Waals surface area (Å²) >= 11 is 0. The summed E-state index contributed by atoms with van der Waals surface area (Å²) in [5.74, 6) is 0.416. The summed E-state index contributed by atoms with van der Waals surface area (Å²) in [5.41, 5.74) is 2.01. The van der Waals surface area contributed by atoms with Gasteiger partial charge >= 0.3 is 0 Å². The first-order valence-corrected chi connectivity index (χ1v) is 6.19. The molecule has 6 heteroatoms. The predicted molar refractivity (Wildman–Crippen MR) is 71.3 cm³/mol. The maximum Gasteiger partial charge on any atom is 0.243 e. The van der Waals surface area contributed by atoms with Crippen LogP contribution in [0.1, 0.15) is 19.4 Å². The van der Waals surface area contributed by atoms with Crippen molar-refractivity contribution in [2.75, 3.05) is 0 Å². The van der Waals surface area contributed by atoms with Crippen LogP contribution in [0.4, 0.5) is 0 Å². The standard InChI is InChI=1S/C13H17N5O/c1-9(2)14-12(19)8-18-16-13(15-17-18)11-7-5-4-6-10(11)3/h4-7,9H,8H2,1-3H3,(H,14,19). The van der Waals surface area contributed by atoms with Gasteiger partial charge in [0.15, 0.2) is 0 Å². The number of tetrazole rings is 1. The third-order valence-corrected chi connectivity index (χ3v) is 2.57. The molecule has 0 atom stereocenters. The smallest absolute Gasteiger partial charge is 0.243 e. The molecule has 0 bridgehead atoms. The zero-order valence-corrected chi connectivity index (χ0v) is 11.3. The van der Waals surface area contributed by atoms with E-state index in [1.807, 2.05) is 45.0 Å². The van der Waals surface area contributed by atoms with E-state index in [2.05, 4.69) is 20.7 Å². The summed E-state index contributed by atoms with van der Waals surface area (Å²) in [4.78, 5) is 12.9. The number of hydrogen-bond acceptors (Lipinski definition) is 4. The molecule has 2 aromatic rings. The summed E-state index contributed by atoms with van der Waals surface area (Å²) in [7, 11) is 0. The summed E-state index contributed by atoms with van der Waals surface area (Å²) in [6.45, 7) is 5.88. The van der Waals surface area contributed by atoms with Gasteiger partial charge in [-0.05, 0) is 31.5 Å². The van der Waals surface area contributed by atoms with Crippen LogP contribution in [0.15, 0.2) is 24.3 Å². The van der Waals surface area contributed by atoms with Crippen LogP contribution in [0.2, 0.25) is 0 Å². The maximum absolute atomic E-state index is 11.6. The second kappa shape index (κ2) is 5.60. The third-order valence-electron chi connectivity index (χ3n) is 2.57. The predicted octanol–water partition coefficient (Wildman–Crippen LogP) is 1.17. The van der Waals surface area contributed by atoms with E-state index in [4.69, 9.17) is 0 Å². The number of amides is 1. The van der Waals surface area contributed by atoms with Gasteiger partial charge in [-0.2, -0.15) is 4.80 Å². The molecule has 0 fully saturated rings. The molecule has 0 saturated carbocycles. The van der Waals surface area contributed by atoms with Gasteiger partial charge in [-0.3, -0.25) is 4.79 Å². The van der Waals surface area contributed by atoms with E-state index < -0.39 is 0 Å². The molecule has 1 N–H and O–H groups in total. The van der Waals surface area contributed by atoms with Crippen LogP contribution in [0, 0.1) is 6.92 Å². The fourth-order valence-corrected chi connectivity index (χ4v) is 1.74. The van der Waals surface area contributed by atoms with E-state index in [1.165, 1.54) is 4.80 Å². The summed E-state index contributed by atoms with van der Waals surface area (Å²) < 4.78 is 0. The molecule has 19 heavy (non-hydrogen) atoms.